The summed E-state index contributed by atoms with van der Waals surface area (Å²) in [5.41, 5.74) is 2.89. The maximum absolute atomic E-state index is 12.0. The van der Waals surface area contributed by atoms with Crippen molar-refractivity contribution in [1.82, 2.24) is 4.98 Å². The Bertz CT molecular complexity index is 872. The minimum absolute atomic E-state index is 0.0254. The van der Waals surface area contributed by atoms with Gasteiger partial charge in [-0.15, -0.1) is 0 Å². The van der Waals surface area contributed by atoms with Crippen molar-refractivity contribution in [1.29, 1.82) is 0 Å². The number of ether oxygens (including phenoxy) is 1. The molecule has 3 rings (SSSR count). The van der Waals surface area contributed by atoms with Crippen LogP contribution in [0.25, 0.3) is 10.9 Å². The van der Waals surface area contributed by atoms with Gasteiger partial charge in [-0.2, -0.15) is 0 Å². The third-order valence-electron chi connectivity index (χ3n) is 3.68. The monoisotopic (exact) mass is 305 g/mol. The summed E-state index contributed by atoms with van der Waals surface area (Å²) in [5.74, 6) is -1.50. The molecule has 0 N–H and O–H groups in total. The summed E-state index contributed by atoms with van der Waals surface area (Å²) in [6.45, 7) is 1.95. The van der Waals surface area contributed by atoms with E-state index in [1.54, 1.807) is 36.5 Å². The van der Waals surface area contributed by atoms with Crippen molar-refractivity contribution in [2.24, 2.45) is 0 Å². The molecule has 1 aromatic heterocycles. The Morgan fingerprint density at radius 3 is 2.57 bits per heavy atom. The molecule has 0 aliphatic heterocycles. The number of hydrogen-bond acceptors (Lipinski definition) is 4. The largest absolute Gasteiger partial charge is 0.455 e. The van der Waals surface area contributed by atoms with Gasteiger partial charge in [0.1, 0.15) is 6.61 Å². The van der Waals surface area contributed by atoms with E-state index in [1.807, 2.05) is 31.2 Å². The fourth-order valence-electron chi connectivity index (χ4n) is 2.40. The molecular formula is C19H15NO3. The van der Waals surface area contributed by atoms with Crippen LogP contribution in [0.5, 0.6) is 0 Å². The lowest BCUT2D eigenvalue weighted by atomic mass is 10.0. The van der Waals surface area contributed by atoms with Gasteiger partial charge in [0, 0.05) is 22.7 Å². The van der Waals surface area contributed by atoms with E-state index < -0.39 is 11.8 Å². The van der Waals surface area contributed by atoms with Crippen LogP contribution in [-0.4, -0.2) is 16.7 Å². The molecule has 114 valence electrons. The van der Waals surface area contributed by atoms with Gasteiger partial charge in [0.05, 0.1) is 5.52 Å². The van der Waals surface area contributed by atoms with Crippen LogP contribution in [0, 0.1) is 6.92 Å². The van der Waals surface area contributed by atoms with Gasteiger partial charge in [0.25, 0.3) is 5.78 Å². The minimum Gasteiger partial charge on any atom is -0.455 e. The van der Waals surface area contributed by atoms with Crippen LogP contribution in [0.3, 0.4) is 0 Å². The van der Waals surface area contributed by atoms with Crippen molar-refractivity contribution < 1.29 is 14.3 Å². The third kappa shape index (κ3) is 3.11. The summed E-state index contributed by atoms with van der Waals surface area (Å²) < 4.78 is 5.20. The summed E-state index contributed by atoms with van der Waals surface area (Å²) in [6, 6.07) is 16.1. The van der Waals surface area contributed by atoms with Crippen molar-refractivity contribution in [3.8, 4) is 0 Å². The van der Waals surface area contributed by atoms with Crippen molar-refractivity contribution in [2.45, 2.75) is 13.5 Å². The smallest absolute Gasteiger partial charge is 0.380 e. The Labute approximate surface area is 133 Å². The molecule has 0 radical (unpaired) electrons. The van der Waals surface area contributed by atoms with Gasteiger partial charge in [0.2, 0.25) is 0 Å². The number of ketones is 1. The molecule has 0 bridgehead atoms. The molecule has 0 aliphatic carbocycles. The normalized spacial score (nSPS) is 10.5. The number of hydrogen-bond donors (Lipinski definition) is 0. The number of fused-ring (bicyclic) bond motifs is 1. The van der Waals surface area contributed by atoms with Crippen molar-refractivity contribution in [2.75, 3.05) is 0 Å². The number of pyridine rings is 1. The lowest BCUT2D eigenvalue weighted by Gasteiger charge is -2.10. The Morgan fingerprint density at radius 1 is 1.00 bits per heavy atom. The summed E-state index contributed by atoms with van der Waals surface area (Å²) in [5, 5.41) is 0.971. The number of carbonyl (C=O) groups is 2. The molecule has 1 heterocycles. The van der Waals surface area contributed by atoms with Gasteiger partial charge in [-0.1, -0.05) is 48.5 Å². The van der Waals surface area contributed by atoms with Gasteiger partial charge >= 0.3 is 5.97 Å². The molecule has 3 aromatic rings. The number of benzene rings is 2. The first-order valence-electron chi connectivity index (χ1n) is 7.26. The molecule has 0 unspecified atom stereocenters. The highest BCUT2D eigenvalue weighted by Gasteiger charge is 2.18. The van der Waals surface area contributed by atoms with Crippen molar-refractivity contribution >= 4 is 22.7 Å². The van der Waals surface area contributed by atoms with Crippen molar-refractivity contribution in [3.05, 3.63) is 77.5 Å². The molecule has 0 atom stereocenters. The number of rotatable bonds is 4. The molecule has 0 saturated heterocycles. The highest BCUT2D eigenvalue weighted by molar-refractivity contribution is 6.40. The SMILES string of the molecule is Cc1ccc2cccnc2c1COC(=O)C(=O)c1ccccc1. The second-order valence-electron chi connectivity index (χ2n) is 5.21. The van der Waals surface area contributed by atoms with Crippen LogP contribution in [-0.2, 0) is 16.1 Å². The highest BCUT2D eigenvalue weighted by Crippen LogP contribution is 2.21. The molecule has 0 aliphatic rings. The predicted octanol–water partition coefficient (Wildman–Crippen LogP) is 3.47. The second-order valence-corrected chi connectivity index (χ2v) is 5.21. The Hall–Kier alpha value is -3.01. The fraction of sp³-hybridized carbons (Fsp3) is 0.105. The quantitative estimate of drug-likeness (QED) is 0.421. The van der Waals surface area contributed by atoms with Crippen LogP contribution < -0.4 is 0 Å². The van der Waals surface area contributed by atoms with E-state index in [4.69, 9.17) is 4.74 Å². The van der Waals surface area contributed by atoms with E-state index in [0.717, 1.165) is 22.0 Å². The standard InChI is InChI=1S/C19H15NO3/c1-13-9-10-14-8-5-11-20-17(14)16(13)12-23-19(22)18(21)15-6-3-2-4-7-15/h2-11H,12H2,1H3. The molecule has 4 nitrogen and oxygen atoms in total. The first-order chi connectivity index (χ1) is 11.2. The summed E-state index contributed by atoms with van der Waals surface area (Å²) in [6.07, 6.45) is 1.70. The predicted molar refractivity (Wildman–Crippen MR) is 87.0 cm³/mol. The molecule has 0 spiro atoms. The van der Waals surface area contributed by atoms with E-state index in [0.29, 0.717) is 5.56 Å². The zero-order chi connectivity index (χ0) is 16.2. The summed E-state index contributed by atoms with van der Waals surface area (Å²) >= 11 is 0. The number of aryl methyl sites for hydroxylation is 1. The van der Waals surface area contributed by atoms with Crippen LogP contribution in [0.1, 0.15) is 21.5 Å². The lowest BCUT2D eigenvalue weighted by molar-refractivity contribution is -0.139. The third-order valence-corrected chi connectivity index (χ3v) is 3.68. The molecule has 0 saturated carbocycles. The Balaban J connectivity index is 1.80. The van der Waals surface area contributed by atoms with Gasteiger partial charge in [-0.25, -0.2) is 4.79 Å². The number of aromatic nitrogens is 1. The van der Waals surface area contributed by atoms with Crippen molar-refractivity contribution in [3.63, 3.8) is 0 Å². The number of Topliss-reactive ketones (excluding diaryl/α,β-unsaturated/α-hetero) is 1. The molecule has 23 heavy (non-hydrogen) atoms. The van der Waals surface area contributed by atoms with Gasteiger partial charge in [0.15, 0.2) is 0 Å². The van der Waals surface area contributed by atoms with E-state index in [-0.39, 0.29) is 6.61 Å². The van der Waals surface area contributed by atoms with Gasteiger partial charge < -0.3 is 4.74 Å². The average molecular weight is 305 g/mol. The molecule has 2 aromatic carbocycles. The first-order valence-corrected chi connectivity index (χ1v) is 7.26. The van der Waals surface area contributed by atoms with Crippen LogP contribution in [0.4, 0.5) is 0 Å². The Kier molecular flexibility index (Phi) is 4.15. The lowest BCUT2D eigenvalue weighted by Crippen LogP contribution is -2.17. The Morgan fingerprint density at radius 2 is 1.78 bits per heavy atom. The van der Waals surface area contributed by atoms with E-state index in [2.05, 4.69) is 4.98 Å². The minimum atomic E-state index is -0.858. The average Bonchev–Trinajstić information content (AvgIpc) is 2.60. The molecule has 0 amide bonds. The summed E-state index contributed by atoms with van der Waals surface area (Å²) in [4.78, 5) is 28.3. The maximum atomic E-state index is 12.0. The second kappa shape index (κ2) is 6.40. The first kappa shape index (κ1) is 14.9. The molecule has 4 heteroatoms. The molecule has 0 fully saturated rings. The van der Waals surface area contributed by atoms with E-state index >= 15 is 0 Å². The van der Waals surface area contributed by atoms with Crippen LogP contribution in [0.15, 0.2) is 60.8 Å². The summed E-state index contributed by atoms with van der Waals surface area (Å²) in [7, 11) is 0. The van der Waals surface area contributed by atoms with E-state index in [1.165, 1.54) is 0 Å². The topological polar surface area (TPSA) is 56.3 Å². The number of esters is 1. The zero-order valence-electron chi connectivity index (χ0n) is 12.7. The zero-order valence-corrected chi connectivity index (χ0v) is 12.7. The number of nitrogens with zero attached hydrogens (tertiary/aromatic N) is 1. The van der Waals surface area contributed by atoms with E-state index in [9.17, 15) is 9.59 Å². The number of carbonyl (C=O) groups excluding carboxylic acids is 2. The van der Waals surface area contributed by atoms with Gasteiger partial charge in [-0.05, 0) is 18.6 Å². The highest BCUT2D eigenvalue weighted by atomic mass is 16.5. The van der Waals surface area contributed by atoms with Crippen LogP contribution >= 0.6 is 0 Å². The van der Waals surface area contributed by atoms with Crippen LogP contribution in [0.2, 0.25) is 0 Å². The van der Waals surface area contributed by atoms with Gasteiger partial charge in [-0.3, -0.25) is 9.78 Å². The maximum Gasteiger partial charge on any atom is 0.380 e. The molecular weight excluding hydrogens is 290 g/mol. The fourth-order valence-corrected chi connectivity index (χ4v) is 2.40.